The van der Waals surface area contributed by atoms with Crippen LogP contribution in [0.3, 0.4) is 0 Å². The van der Waals surface area contributed by atoms with Crippen molar-refractivity contribution in [3.8, 4) is 5.75 Å². The Morgan fingerprint density at radius 1 is 1.38 bits per heavy atom. The molecule has 21 heavy (non-hydrogen) atoms. The van der Waals surface area contributed by atoms with Crippen molar-refractivity contribution >= 4 is 21.6 Å². The topological polar surface area (TPSA) is 87.7 Å². The van der Waals surface area contributed by atoms with E-state index >= 15 is 0 Å². The summed E-state index contributed by atoms with van der Waals surface area (Å²) < 4.78 is 32.1. The molecule has 3 rings (SSSR count). The molecule has 0 unspecified atom stereocenters. The van der Waals surface area contributed by atoms with Gasteiger partial charge in [0.25, 0.3) is 5.91 Å². The van der Waals surface area contributed by atoms with Crippen molar-refractivity contribution in [2.24, 2.45) is 0 Å². The van der Waals surface area contributed by atoms with E-state index in [1.165, 1.54) is 16.4 Å². The number of carbonyl (C=O) groups excluding carboxylic acids is 1. The first kappa shape index (κ1) is 14.3. The standard InChI is InChI=1S/C13H17N3O4S/c1-9-7-14-4-5-16(9)21(18,19)10-2-3-12-11(6-10)15-13(17)8-20-12/h2-3,6,9,14H,4-5,7-8H2,1H3,(H,15,17)/t9-/m0/s1. The molecule has 0 radical (unpaired) electrons. The fraction of sp³-hybridized carbons (Fsp3) is 0.462. The van der Waals surface area contributed by atoms with Crippen LogP contribution in [0.25, 0.3) is 0 Å². The zero-order valence-corrected chi connectivity index (χ0v) is 12.4. The number of amides is 1. The van der Waals surface area contributed by atoms with Crippen molar-refractivity contribution in [2.75, 3.05) is 31.6 Å². The molecule has 0 spiro atoms. The van der Waals surface area contributed by atoms with Gasteiger partial charge in [-0.2, -0.15) is 4.31 Å². The summed E-state index contributed by atoms with van der Waals surface area (Å²) in [6.45, 7) is 3.52. The average Bonchev–Trinajstić information content (AvgIpc) is 2.46. The maximum atomic E-state index is 12.7. The molecule has 1 aromatic carbocycles. The first-order chi connectivity index (χ1) is 9.98. The maximum absolute atomic E-state index is 12.7. The molecule has 0 saturated carbocycles. The van der Waals surface area contributed by atoms with E-state index in [9.17, 15) is 13.2 Å². The largest absolute Gasteiger partial charge is 0.482 e. The van der Waals surface area contributed by atoms with Crippen LogP contribution in [0.5, 0.6) is 5.75 Å². The number of carbonyl (C=O) groups is 1. The quantitative estimate of drug-likeness (QED) is 0.803. The zero-order valence-electron chi connectivity index (χ0n) is 11.6. The van der Waals surface area contributed by atoms with Gasteiger partial charge in [0.05, 0.1) is 10.6 Å². The van der Waals surface area contributed by atoms with Crippen LogP contribution >= 0.6 is 0 Å². The van der Waals surface area contributed by atoms with E-state index in [1.54, 1.807) is 6.07 Å². The number of anilines is 1. The maximum Gasteiger partial charge on any atom is 0.262 e. The fourth-order valence-corrected chi connectivity index (χ4v) is 4.20. The summed E-state index contributed by atoms with van der Waals surface area (Å²) in [4.78, 5) is 11.5. The Labute approximate surface area is 123 Å². The molecule has 7 nitrogen and oxygen atoms in total. The number of piperazine rings is 1. The lowest BCUT2D eigenvalue weighted by Gasteiger charge is -2.33. The van der Waals surface area contributed by atoms with Crippen molar-refractivity contribution in [2.45, 2.75) is 17.9 Å². The highest BCUT2D eigenvalue weighted by Gasteiger charge is 2.31. The smallest absolute Gasteiger partial charge is 0.262 e. The van der Waals surface area contributed by atoms with E-state index in [0.717, 1.165) is 0 Å². The van der Waals surface area contributed by atoms with Crippen LogP contribution < -0.4 is 15.4 Å². The molecule has 0 aromatic heterocycles. The van der Waals surface area contributed by atoms with Gasteiger partial charge in [0.1, 0.15) is 5.75 Å². The third kappa shape index (κ3) is 2.61. The molecule has 1 atom stereocenters. The number of nitrogens with one attached hydrogen (secondary N) is 2. The summed E-state index contributed by atoms with van der Waals surface area (Å²) >= 11 is 0. The van der Waals surface area contributed by atoms with Gasteiger partial charge in [0, 0.05) is 25.7 Å². The van der Waals surface area contributed by atoms with Crippen molar-refractivity contribution in [3.63, 3.8) is 0 Å². The van der Waals surface area contributed by atoms with Gasteiger partial charge in [-0.3, -0.25) is 4.79 Å². The predicted molar refractivity (Wildman–Crippen MR) is 76.8 cm³/mol. The average molecular weight is 311 g/mol. The van der Waals surface area contributed by atoms with Crippen LogP contribution in [0.4, 0.5) is 5.69 Å². The summed E-state index contributed by atoms with van der Waals surface area (Å²) in [6, 6.07) is 4.44. The summed E-state index contributed by atoms with van der Waals surface area (Å²) in [7, 11) is -3.58. The second-order valence-electron chi connectivity index (χ2n) is 5.16. The lowest BCUT2D eigenvalue weighted by molar-refractivity contribution is -0.118. The van der Waals surface area contributed by atoms with Crippen LogP contribution in [-0.2, 0) is 14.8 Å². The second kappa shape index (κ2) is 5.28. The van der Waals surface area contributed by atoms with Crippen molar-refractivity contribution in [3.05, 3.63) is 18.2 Å². The van der Waals surface area contributed by atoms with Crippen molar-refractivity contribution in [1.82, 2.24) is 9.62 Å². The van der Waals surface area contributed by atoms with Gasteiger partial charge in [0.2, 0.25) is 10.0 Å². The highest BCUT2D eigenvalue weighted by molar-refractivity contribution is 7.89. The summed E-state index contributed by atoms with van der Waals surface area (Å²) in [5, 5.41) is 5.79. The van der Waals surface area contributed by atoms with Gasteiger partial charge in [0.15, 0.2) is 6.61 Å². The molecule has 1 fully saturated rings. The minimum atomic E-state index is -3.58. The predicted octanol–water partition coefficient (Wildman–Crippen LogP) is -0.0001000. The third-order valence-corrected chi connectivity index (χ3v) is 5.64. The number of ether oxygens (including phenoxy) is 1. The Hall–Kier alpha value is -1.64. The summed E-state index contributed by atoms with van der Waals surface area (Å²) in [5.41, 5.74) is 0.398. The monoisotopic (exact) mass is 311 g/mol. The highest BCUT2D eigenvalue weighted by Crippen LogP contribution is 2.31. The van der Waals surface area contributed by atoms with E-state index in [-0.39, 0.29) is 23.5 Å². The van der Waals surface area contributed by atoms with Crippen LogP contribution in [0.1, 0.15) is 6.92 Å². The zero-order chi connectivity index (χ0) is 15.0. The van der Waals surface area contributed by atoms with Crippen LogP contribution in [0.2, 0.25) is 0 Å². The second-order valence-corrected chi connectivity index (χ2v) is 7.05. The van der Waals surface area contributed by atoms with E-state index in [4.69, 9.17) is 4.74 Å². The van der Waals surface area contributed by atoms with Gasteiger partial charge in [-0.15, -0.1) is 0 Å². The molecule has 2 N–H and O–H groups in total. The Morgan fingerprint density at radius 2 is 2.19 bits per heavy atom. The molecule has 1 saturated heterocycles. The molecule has 1 aromatic rings. The number of fused-ring (bicyclic) bond motifs is 1. The third-order valence-electron chi connectivity index (χ3n) is 3.63. The first-order valence-corrected chi connectivity index (χ1v) is 8.22. The Bertz CT molecular complexity index is 674. The van der Waals surface area contributed by atoms with Gasteiger partial charge in [-0.05, 0) is 25.1 Å². The Balaban J connectivity index is 1.95. The lowest BCUT2D eigenvalue weighted by Crippen LogP contribution is -2.52. The Morgan fingerprint density at radius 3 is 2.95 bits per heavy atom. The first-order valence-electron chi connectivity index (χ1n) is 6.78. The van der Waals surface area contributed by atoms with E-state index in [1.807, 2.05) is 6.92 Å². The summed E-state index contributed by atoms with van der Waals surface area (Å²) in [5.74, 6) is 0.203. The number of hydrogen-bond acceptors (Lipinski definition) is 5. The minimum absolute atomic E-state index is 0.0477. The number of sulfonamides is 1. The lowest BCUT2D eigenvalue weighted by atomic mass is 10.2. The van der Waals surface area contributed by atoms with E-state index in [0.29, 0.717) is 31.1 Å². The van der Waals surface area contributed by atoms with E-state index < -0.39 is 10.0 Å². The molecule has 0 aliphatic carbocycles. The van der Waals surface area contributed by atoms with Gasteiger partial charge < -0.3 is 15.4 Å². The molecular formula is C13H17N3O4S. The van der Waals surface area contributed by atoms with E-state index in [2.05, 4.69) is 10.6 Å². The summed E-state index contributed by atoms with van der Waals surface area (Å²) in [6.07, 6.45) is 0. The SMILES string of the molecule is C[C@H]1CNCCN1S(=O)(=O)c1ccc2c(c1)NC(=O)CO2. The number of hydrogen-bond donors (Lipinski definition) is 2. The van der Waals surface area contributed by atoms with Crippen molar-refractivity contribution in [1.29, 1.82) is 0 Å². The van der Waals surface area contributed by atoms with Gasteiger partial charge >= 0.3 is 0 Å². The fourth-order valence-electron chi connectivity index (χ4n) is 2.54. The van der Waals surface area contributed by atoms with Gasteiger partial charge in [-0.25, -0.2) is 8.42 Å². The molecule has 2 aliphatic heterocycles. The molecule has 114 valence electrons. The molecule has 1 amide bonds. The van der Waals surface area contributed by atoms with Crippen LogP contribution in [-0.4, -0.2) is 50.9 Å². The number of nitrogens with zero attached hydrogens (tertiary/aromatic N) is 1. The normalized spacial score (nSPS) is 23.1. The molecular weight excluding hydrogens is 294 g/mol. The van der Waals surface area contributed by atoms with Crippen LogP contribution in [0.15, 0.2) is 23.1 Å². The molecule has 2 aliphatic rings. The minimum Gasteiger partial charge on any atom is -0.482 e. The molecule has 2 heterocycles. The molecule has 0 bridgehead atoms. The Kier molecular flexibility index (Phi) is 3.60. The highest BCUT2D eigenvalue weighted by atomic mass is 32.2. The molecule has 8 heteroatoms. The van der Waals surface area contributed by atoms with Crippen LogP contribution in [0, 0.1) is 0 Å². The van der Waals surface area contributed by atoms with Gasteiger partial charge in [-0.1, -0.05) is 0 Å². The number of benzene rings is 1. The van der Waals surface area contributed by atoms with Crippen molar-refractivity contribution < 1.29 is 17.9 Å². The number of rotatable bonds is 2.